The molecule has 0 spiro atoms. The first-order chi connectivity index (χ1) is 8.33. The first kappa shape index (κ1) is 12.3. The van der Waals surface area contributed by atoms with Gasteiger partial charge in [0.15, 0.2) is 0 Å². The molecule has 94 valence electrons. The largest absolute Gasteiger partial charge is 0.355 e. The highest BCUT2D eigenvalue weighted by molar-refractivity contribution is 5.37. The molecule has 1 fully saturated rings. The average Bonchev–Trinajstić information content (AvgIpc) is 2.79. The SMILES string of the molecule is CCCC1CCN(c2cncc(CNC)n2)C1. The summed E-state index contributed by atoms with van der Waals surface area (Å²) in [5.74, 6) is 1.88. The lowest BCUT2D eigenvalue weighted by Crippen LogP contribution is -2.22. The number of hydrogen-bond acceptors (Lipinski definition) is 4. The maximum absolute atomic E-state index is 4.64. The van der Waals surface area contributed by atoms with Gasteiger partial charge in [0.1, 0.15) is 5.82 Å². The molecule has 0 amide bonds. The van der Waals surface area contributed by atoms with Crippen molar-refractivity contribution in [1.82, 2.24) is 15.3 Å². The summed E-state index contributed by atoms with van der Waals surface area (Å²) >= 11 is 0. The molecular formula is C13H22N4. The molecule has 0 aliphatic carbocycles. The summed E-state index contributed by atoms with van der Waals surface area (Å²) in [4.78, 5) is 11.3. The molecule has 0 aromatic carbocycles. The Balaban J connectivity index is 2.00. The lowest BCUT2D eigenvalue weighted by atomic mass is 10.0. The monoisotopic (exact) mass is 234 g/mol. The molecule has 1 aromatic rings. The van der Waals surface area contributed by atoms with Crippen LogP contribution in [0.2, 0.25) is 0 Å². The molecule has 1 aliphatic rings. The van der Waals surface area contributed by atoms with Crippen molar-refractivity contribution in [3.8, 4) is 0 Å². The average molecular weight is 234 g/mol. The Morgan fingerprint density at radius 1 is 1.47 bits per heavy atom. The van der Waals surface area contributed by atoms with Crippen molar-refractivity contribution in [1.29, 1.82) is 0 Å². The predicted octanol–water partition coefficient (Wildman–Crippen LogP) is 1.82. The van der Waals surface area contributed by atoms with E-state index in [4.69, 9.17) is 0 Å². The van der Waals surface area contributed by atoms with Gasteiger partial charge in [-0.1, -0.05) is 13.3 Å². The van der Waals surface area contributed by atoms with Crippen LogP contribution in [0, 0.1) is 5.92 Å². The van der Waals surface area contributed by atoms with Crippen molar-refractivity contribution in [3.63, 3.8) is 0 Å². The van der Waals surface area contributed by atoms with Crippen LogP contribution in [-0.2, 0) is 6.54 Å². The summed E-state index contributed by atoms with van der Waals surface area (Å²) in [7, 11) is 1.93. The van der Waals surface area contributed by atoms with Crippen LogP contribution in [0.5, 0.6) is 0 Å². The van der Waals surface area contributed by atoms with E-state index in [0.29, 0.717) is 0 Å². The van der Waals surface area contributed by atoms with Crippen molar-refractivity contribution in [3.05, 3.63) is 18.1 Å². The topological polar surface area (TPSA) is 41.1 Å². The number of nitrogens with zero attached hydrogens (tertiary/aromatic N) is 3. The standard InChI is InChI=1S/C13H22N4/c1-3-4-11-5-6-17(10-11)13-9-15-8-12(16-13)7-14-2/h8-9,11,14H,3-7,10H2,1-2H3. The van der Waals surface area contributed by atoms with Crippen LogP contribution >= 0.6 is 0 Å². The van der Waals surface area contributed by atoms with Crippen LogP contribution in [-0.4, -0.2) is 30.1 Å². The van der Waals surface area contributed by atoms with Gasteiger partial charge in [-0.15, -0.1) is 0 Å². The molecule has 2 rings (SSSR count). The van der Waals surface area contributed by atoms with Crippen molar-refractivity contribution >= 4 is 5.82 Å². The zero-order chi connectivity index (χ0) is 12.1. The number of rotatable bonds is 5. The van der Waals surface area contributed by atoms with Crippen molar-refractivity contribution in [2.75, 3.05) is 25.0 Å². The first-order valence-corrected chi connectivity index (χ1v) is 6.54. The van der Waals surface area contributed by atoms with E-state index in [9.17, 15) is 0 Å². The van der Waals surface area contributed by atoms with Crippen LogP contribution in [0.25, 0.3) is 0 Å². The van der Waals surface area contributed by atoms with Gasteiger partial charge in [0.05, 0.1) is 11.9 Å². The van der Waals surface area contributed by atoms with Gasteiger partial charge in [-0.25, -0.2) is 4.98 Å². The van der Waals surface area contributed by atoms with Gasteiger partial charge in [0.25, 0.3) is 0 Å². The molecule has 1 saturated heterocycles. The van der Waals surface area contributed by atoms with Gasteiger partial charge < -0.3 is 10.2 Å². The molecule has 2 heterocycles. The highest BCUT2D eigenvalue weighted by Crippen LogP contribution is 2.24. The van der Waals surface area contributed by atoms with Crippen molar-refractivity contribution < 1.29 is 0 Å². The number of nitrogens with one attached hydrogen (secondary N) is 1. The molecule has 1 unspecified atom stereocenters. The fourth-order valence-electron chi connectivity index (χ4n) is 2.50. The minimum Gasteiger partial charge on any atom is -0.355 e. The molecule has 4 nitrogen and oxygen atoms in total. The molecule has 1 aromatic heterocycles. The Labute approximate surface area is 103 Å². The summed E-state index contributed by atoms with van der Waals surface area (Å²) in [5, 5.41) is 3.11. The Morgan fingerprint density at radius 2 is 2.35 bits per heavy atom. The lowest BCUT2D eigenvalue weighted by molar-refractivity contribution is 0.529. The lowest BCUT2D eigenvalue weighted by Gasteiger charge is -2.17. The molecule has 0 radical (unpaired) electrons. The van der Waals surface area contributed by atoms with E-state index in [1.807, 2.05) is 19.4 Å². The van der Waals surface area contributed by atoms with Gasteiger partial charge >= 0.3 is 0 Å². The number of anilines is 1. The third kappa shape index (κ3) is 3.16. The summed E-state index contributed by atoms with van der Waals surface area (Å²) in [5.41, 5.74) is 1.02. The number of aromatic nitrogens is 2. The second-order valence-corrected chi connectivity index (χ2v) is 4.79. The molecule has 17 heavy (non-hydrogen) atoms. The smallest absolute Gasteiger partial charge is 0.147 e. The highest BCUT2D eigenvalue weighted by atomic mass is 15.2. The molecule has 1 atom stereocenters. The summed E-state index contributed by atoms with van der Waals surface area (Å²) in [6.45, 7) is 5.32. The van der Waals surface area contributed by atoms with E-state index >= 15 is 0 Å². The maximum Gasteiger partial charge on any atom is 0.147 e. The minimum atomic E-state index is 0.785. The molecule has 4 heteroatoms. The summed E-state index contributed by atoms with van der Waals surface area (Å²) < 4.78 is 0. The van der Waals surface area contributed by atoms with E-state index in [0.717, 1.165) is 37.1 Å². The second-order valence-electron chi connectivity index (χ2n) is 4.79. The highest BCUT2D eigenvalue weighted by Gasteiger charge is 2.22. The quantitative estimate of drug-likeness (QED) is 0.844. The Hall–Kier alpha value is -1.16. The minimum absolute atomic E-state index is 0.785. The molecular weight excluding hydrogens is 212 g/mol. The van der Waals surface area contributed by atoms with E-state index in [1.54, 1.807) is 0 Å². The van der Waals surface area contributed by atoms with E-state index in [-0.39, 0.29) is 0 Å². The third-order valence-corrected chi connectivity index (χ3v) is 3.34. The van der Waals surface area contributed by atoms with Crippen molar-refractivity contribution in [2.45, 2.75) is 32.7 Å². The van der Waals surface area contributed by atoms with E-state index < -0.39 is 0 Å². The van der Waals surface area contributed by atoms with Crippen LogP contribution in [0.3, 0.4) is 0 Å². The second kappa shape index (κ2) is 5.96. The molecule has 1 aliphatic heterocycles. The van der Waals surface area contributed by atoms with Gasteiger partial charge in [-0.3, -0.25) is 4.98 Å². The van der Waals surface area contributed by atoms with Crippen LogP contribution in [0.15, 0.2) is 12.4 Å². The molecule has 0 saturated carbocycles. The van der Waals surface area contributed by atoms with Gasteiger partial charge in [-0.2, -0.15) is 0 Å². The fourth-order valence-corrected chi connectivity index (χ4v) is 2.50. The Kier molecular flexibility index (Phi) is 4.31. The van der Waals surface area contributed by atoms with Crippen LogP contribution < -0.4 is 10.2 Å². The van der Waals surface area contributed by atoms with E-state index in [1.165, 1.54) is 19.3 Å². The molecule has 1 N–H and O–H groups in total. The molecule has 0 bridgehead atoms. The van der Waals surface area contributed by atoms with Crippen molar-refractivity contribution in [2.24, 2.45) is 5.92 Å². The fraction of sp³-hybridized carbons (Fsp3) is 0.692. The van der Waals surface area contributed by atoms with Gasteiger partial charge in [0, 0.05) is 25.8 Å². The zero-order valence-electron chi connectivity index (χ0n) is 10.8. The summed E-state index contributed by atoms with van der Waals surface area (Å²) in [6.07, 6.45) is 7.63. The Morgan fingerprint density at radius 3 is 3.12 bits per heavy atom. The number of hydrogen-bond donors (Lipinski definition) is 1. The maximum atomic E-state index is 4.64. The summed E-state index contributed by atoms with van der Waals surface area (Å²) in [6, 6.07) is 0. The van der Waals surface area contributed by atoms with E-state index in [2.05, 4.69) is 27.1 Å². The van der Waals surface area contributed by atoms with Crippen LogP contribution in [0.4, 0.5) is 5.82 Å². The Bertz CT molecular complexity index is 353. The van der Waals surface area contributed by atoms with Crippen LogP contribution in [0.1, 0.15) is 31.9 Å². The third-order valence-electron chi connectivity index (χ3n) is 3.34. The predicted molar refractivity (Wildman–Crippen MR) is 70.0 cm³/mol. The first-order valence-electron chi connectivity index (χ1n) is 6.54. The van der Waals surface area contributed by atoms with Gasteiger partial charge in [-0.05, 0) is 25.8 Å². The van der Waals surface area contributed by atoms with Gasteiger partial charge in [0.2, 0.25) is 0 Å². The normalized spacial score (nSPS) is 19.9. The zero-order valence-corrected chi connectivity index (χ0v) is 10.8.